The highest BCUT2D eigenvalue weighted by Gasteiger charge is 2.18. The summed E-state index contributed by atoms with van der Waals surface area (Å²) < 4.78 is 0. The lowest BCUT2D eigenvalue weighted by atomic mass is 9.87. The Bertz CT molecular complexity index is 75.8. The average Bonchev–Trinajstić information content (AvgIpc) is 1.64. The predicted molar refractivity (Wildman–Crippen MR) is 57.8 cm³/mol. The third-order valence-electron chi connectivity index (χ3n) is 1.99. The molecule has 0 aliphatic carbocycles. The maximum Gasteiger partial charge on any atom is 0.0123 e. The molecule has 1 unspecified atom stereocenters. The lowest BCUT2D eigenvalue weighted by Crippen LogP contribution is -2.39. The maximum absolute atomic E-state index is 5.87. The summed E-state index contributed by atoms with van der Waals surface area (Å²) >= 11 is 0. The highest BCUT2D eigenvalue weighted by molar-refractivity contribution is 14.0. The molecule has 2 N–H and O–H groups in total. The Morgan fingerprint density at radius 3 is 1.90 bits per heavy atom. The molecule has 0 saturated carbocycles. The lowest BCUT2D eigenvalue weighted by molar-refractivity contribution is 0.324. The minimum Gasteiger partial charge on any atom is -0.325 e. The van der Waals surface area contributed by atoms with Crippen molar-refractivity contribution < 1.29 is 0 Å². The van der Waals surface area contributed by atoms with Gasteiger partial charge in [-0.15, -0.1) is 24.0 Å². The fourth-order valence-electron chi connectivity index (χ4n) is 0.805. The molecule has 1 atom stereocenters. The van der Waals surface area contributed by atoms with Crippen LogP contribution in [-0.2, 0) is 0 Å². The van der Waals surface area contributed by atoms with E-state index >= 15 is 0 Å². The van der Waals surface area contributed by atoms with E-state index in [4.69, 9.17) is 5.73 Å². The molecule has 0 radical (unpaired) electrons. The highest BCUT2D eigenvalue weighted by Crippen LogP contribution is 2.17. The molecule has 0 saturated heterocycles. The van der Waals surface area contributed by atoms with Gasteiger partial charge < -0.3 is 5.73 Å². The van der Waals surface area contributed by atoms with Gasteiger partial charge in [-0.05, 0) is 26.2 Å². The molecule has 1 nitrogen and oxygen atoms in total. The summed E-state index contributed by atoms with van der Waals surface area (Å²) in [6.07, 6.45) is 2.48. The van der Waals surface area contributed by atoms with E-state index in [1.165, 1.54) is 12.8 Å². The summed E-state index contributed by atoms with van der Waals surface area (Å²) in [5.41, 5.74) is 5.87. The Balaban J connectivity index is 0. The third kappa shape index (κ3) is 5.47. The second kappa shape index (κ2) is 5.35. The molecule has 0 aliphatic rings. The number of rotatable bonds is 3. The Kier molecular flexibility index (Phi) is 7.12. The van der Waals surface area contributed by atoms with Crippen molar-refractivity contribution in [2.24, 2.45) is 11.7 Å². The highest BCUT2D eigenvalue weighted by atomic mass is 127. The van der Waals surface area contributed by atoms with Gasteiger partial charge in [0.2, 0.25) is 0 Å². The summed E-state index contributed by atoms with van der Waals surface area (Å²) in [6.45, 7) is 8.59. The zero-order valence-corrected chi connectivity index (χ0v) is 9.81. The second-order valence-corrected chi connectivity index (χ2v) is 3.51. The van der Waals surface area contributed by atoms with E-state index in [9.17, 15) is 0 Å². The maximum atomic E-state index is 5.87. The molecule has 0 aromatic heterocycles. The van der Waals surface area contributed by atoms with E-state index in [-0.39, 0.29) is 29.5 Å². The molecule has 64 valence electrons. The van der Waals surface area contributed by atoms with E-state index in [0.29, 0.717) is 5.92 Å². The van der Waals surface area contributed by atoms with Crippen molar-refractivity contribution >= 4 is 24.0 Å². The molecule has 0 aromatic rings. The summed E-state index contributed by atoms with van der Waals surface area (Å²) in [5, 5.41) is 0. The van der Waals surface area contributed by atoms with Crippen molar-refractivity contribution in [3.8, 4) is 0 Å². The Morgan fingerprint density at radius 2 is 1.80 bits per heavy atom. The van der Waals surface area contributed by atoms with E-state index < -0.39 is 0 Å². The SMILES string of the molecule is CCCC(C)C(C)(C)N.I. The standard InChI is InChI=1S/C8H19N.HI/c1-5-6-7(2)8(3,4)9;/h7H,5-6,9H2,1-4H3;1H. The quantitative estimate of drug-likeness (QED) is 0.773. The monoisotopic (exact) mass is 257 g/mol. The van der Waals surface area contributed by atoms with Gasteiger partial charge in [0, 0.05) is 5.54 Å². The molecule has 0 rings (SSSR count). The summed E-state index contributed by atoms with van der Waals surface area (Å²) in [4.78, 5) is 0. The van der Waals surface area contributed by atoms with Crippen LogP contribution in [0.3, 0.4) is 0 Å². The van der Waals surface area contributed by atoms with Gasteiger partial charge in [0.05, 0.1) is 0 Å². The van der Waals surface area contributed by atoms with E-state index in [0.717, 1.165) is 0 Å². The zero-order valence-electron chi connectivity index (χ0n) is 7.48. The van der Waals surface area contributed by atoms with Crippen LogP contribution >= 0.6 is 24.0 Å². The van der Waals surface area contributed by atoms with Crippen LogP contribution in [0.4, 0.5) is 0 Å². The van der Waals surface area contributed by atoms with Crippen LogP contribution < -0.4 is 5.73 Å². The fraction of sp³-hybridized carbons (Fsp3) is 1.00. The molecule has 0 heterocycles. The largest absolute Gasteiger partial charge is 0.325 e. The average molecular weight is 257 g/mol. The van der Waals surface area contributed by atoms with E-state index in [1.807, 2.05) is 0 Å². The van der Waals surface area contributed by atoms with Gasteiger partial charge in [-0.3, -0.25) is 0 Å². The van der Waals surface area contributed by atoms with Crippen molar-refractivity contribution in [1.82, 2.24) is 0 Å². The Hall–Kier alpha value is 0.690. The van der Waals surface area contributed by atoms with Crippen LogP contribution in [-0.4, -0.2) is 5.54 Å². The van der Waals surface area contributed by atoms with Crippen molar-refractivity contribution in [2.45, 2.75) is 46.1 Å². The molecular formula is C8H20IN. The van der Waals surface area contributed by atoms with Gasteiger partial charge in [0.15, 0.2) is 0 Å². The van der Waals surface area contributed by atoms with Crippen molar-refractivity contribution in [3.63, 3.8) is 0 Å². The minimum absolute atomic E-state index is 0. The molecule has 10 heavy (non-hydrogen) atoms. The summed E-state index contributed by atoms with van der Waals surface area (Å²) in [6, 6.07) is 0. The zero-order chi connectivity index (χ0) is 7.49. The van der Waals surface area contributed by atoms with Gasteiger partial charge in [-0.25, -0.2) is 0 Å². The van der Waals surface area contributed by atoms with E-state index in [2.05, 4.69) is 27.7 Å². The smallest absolute Gasteiger partial charge is 0.0123 e. The Morgan fingerprint density at radius 1 is 1.40 bits per heavy atom. The molecule has 0 aliphatic heterocycles. The van der Waals surface area contributed by atoms with Crippen LogP contribution in [0.15, 0.2) is 0 Å². The number of nitrogens with two attached hydrogens (primary N) is 1. The summed E-state index contributed by atoms with van der Waals surface area (Å²) in [5.74, 6) is 0.641. The van der Waals surface area contributed by atoms with Crippen LogP contribution in [0, 0.1) is 5.92 Å². The van der Waals surface area contributed by atoms with Crippen molar-refractivity contribution in [2.75, 3.05) is 0 Å². The molecule has 0 amide bonds. The first-order valence-electron chi connectivity index (χ1n) is 3.77. The topological polar surface area (TPSA) is 26.0 Å². The second-order valence-electron chi connectivity index (χ2n) is 3.51. The van der Waals surface area contributed by atoms with Gasteiger partial charge >= 0.3 is 0 Å². The number of halogens is 1. The van der Waals surface area contributed by atoms with Crippen LogP contribution in [0.2, 0.25) is 0 Å². The van der Waals surface area contributed by atoms with Crippen molar-refractivity contribution in [3.05, 3.63) is 0 Å². The van der Waals surface area contributed by atoms with Crippen LogP contribution in [0.1, 0.15) is 40.5 Å². The van der Waals surface area contributed by atoms with Gasteiger partial charge in [0.25, 0.3) is 0 Å². The fourth-order valence-corrected chi connectivity index (χ4v) is 0.805. The van der Waals surface area contributed by atoms with Crippen LogP contribution in [0.5, 0.6) is 0 Å². The summed E-state index contributed by atoms with van der Waals surface area (Å²) in [7, 11) is 0. The lowest BCUT2D eigenvalue weighted by Gasteiger charge is -2.26. The van der Waals surface area contributed by atoms with Gasteiger partial charge in [-0.2, -0.15) is 0 Å². The molecule has 0 fully saturated rings. The normalized spacial score (nSPS) is 14.1. The van der Waals surface area contributed by atoms with Crippen LogP contribution in [0.25, 0.3) is 0 Å². The molecular weight excluding hydrogens is 237 g/mol. The van der Waals surface area contributed by atoms with Gasteiger partial charge in [-0.1, -0.05) is 20.3 Å². The molecule has 0 aromatic carbocycles. The minimum atomic E-state index is 0. The first-order chi connectivity index (χ1) is 3.98. The molecule has 0 bridgehead atoms. The Labute approximate surface area is 81.8 Å². The number of hydrogen-bond acceptors (Lipinski definition) is 1. The first kappa shape index (κ1) is 13.3. The van der Waals surface area contributed by atoms with Gasteiger partial charge in [0.1, 0.15) is 0 Å². The third-order valence-corrected chi connectivity index (χ3v) is 1.99. The number of hydrogen-bond donors (Lipinski definition) is 1. The molecule has 2 heteroatoms. The molecule has 0 spiro atoms. The predicted octanol–water partition coefficient (Wildman–Crippen LogP) is 2.78. The van der Waals surface area contributed by atoms with Crippen molar-refractivity contribution in [1.29, 1.82) is 0 Å². The first-order valence-corrected chi connectivity index (χ1v) is 3.77. The van der Waals surface area contributed by atoms with E-state index in [1.54, 1.807) is 0 Å².